The van der Waals surface area contributed by atoms with Crippen molar-refractivity contribution >= 4 is 29.3 Å². The van der Waals surface area contributed by atoms with Gasteiger partial charge >= 0.3 is 0 Å². The van der Waals surface area contributed by atoms with Gasteiger partial charge in [0.2, 0.25) is 11.9 Å². The highest BCUT2D eigenvalue weighted by Crippen LogP contribution is 2.39. The van der Waals surface area contributed by atoms with Gasteiger partial charge in [0.25, 0.3) is 5.91 Å². The third kappa shape index (κ3) is 3.61. The summed E-state index contributed by atoms with van der Waals surface area (Å²) in [6, 6.07) is 0.107. The Hall–Kier alpha value is -2.84. The second-order valence-electron chi connectivity index (χ2n) is 7.10. The summed E-state index contributed by atoms with van der Waals surface area (Å²) in [6.45, 7) is 2.04. The van der Waals surface area contributed by atoms with Gasteiger partial charge < -0.3 is 25.8 Å². The van der Waals surface area contributed by atoms with Crippen molar-refractivity contribution in [2.24, 2.45) is 0 Å². The standard InChI is InChI=1S/C19H29N7O2/c1-5-14-18(28)25(4)15-11-23-19(22-10-13(20-2)17(27)21-3)24-16(15)26(14)12-8-6-7-9-12/h10-12,14,20H,5-9H2,1-4H3,(H,21,27)(H,22,23,24)/b13-10-/t14-/m1/s1. The molecular weight excluding hydrogens is 358 g/mol. The second-order valence-corrected chi connectivity index (χ2v) is 7.10. The molecule has 2 aliphatic rings. The molecule has 1 saturated carbocycles. The second kappa shape index (κ2) is 8.45. The zero-order valence-electron chi connectivity index (χ0n) is 17.0. The van der Waals surface area contributed by atoms with E-state index in [2.05, 4.69) is 25.8 Å². The molecule has 0 saturated heterocycles. The lowest BCUT2D eigenvalue weighted by atomic mass is 10.0. The Morgan fingerprint density at radius 3 is 2.61 bits per heavy atom. The zero-order chi connectivity index (χ0) is 20.3. The van der Waals surface area contributed by atoms with Gasteiger partial charge in [-0.15, -0.1) is 0 Å². The van der Waals surface area contributed by atoms with E-state index in [0.717, 1.165) is 30.8 Å². The van der Waals surface area contributed by atoms with Crippen LogP contribution in [0.15, 0.2) is 18.1 Å². The molecule has 3 N–H and O–H groups in total. The Morgan fingerprint density at radius 2 is 2.00 bits per heavy atom. The first-order valence-corrected chi connectivity index (χ1v) is 9.81. The minimum absolute atomic E-state index is 0.0863. The van der Waals surface area contributed by atoms with Gasteiger partial charge in [0.1, 0.15) is 17.4 Å². The van der Waals surface area contributed by atoms with Gasteiger partial charge in [-0.1, -0.05) is 19.8 Å². The third-order valence-corrected chi connectivity index (χ3v) is 5.50. The average Bonchev–Trinajstić information content (AvgIpc) is 3.24. The molecule has 152 valence electrons. The van der Waals surface area contributed by atoms with Gasteiger partial charge in [0, 0.05) is 33.4 Å². The molecular formula is C19H29N7O2. The van der Waals surface area contributed by atoms with Crippen molar-refractivity contribution in [3.05, 3.63) is 18.1 Å². The van der Waals surface area contributed by atoms with Crippen molar-refractivity contribution in [2.75, 3.05) is 36.3 Å². The Bertz CT molecular complexity index is 774. The van der Waals surface area contributed by atoms with Crippen molar-refractivity contribution in [3.8, 4) is 0 Å². The van der Waals surface area contributed by atoms with Crippen molar-refractivity contribution in [3.63, 3.8) is 0 Å². The Morgan fingerprint density at radius 1 is 1.29 bits per heavy atom. The highest BCUT2D eigenvalue weighted by Gasteiger charge is 2.41. The van der Waals surface area contributed by atoms with Crippen LogP contribution in [0, 0.1) is 0 Å². The summed E-state index contributed by atoms with van der Waals surface area (Å²) in [5.41, 5.74) is 1.09. The molecule has 2 heterocycles. The van der Waals surface area contributed by atoms with E-state index in [9.17, 15) is 9.59 Å². The number of carbonyl (C=O) groups is 2. The minimum Gasteiger partial charge on any atom is -0.382 e. The predicted octanol–water partition coefficient (Wildman–Crippen LogP) is 1.20. The van der Waals surface area contributed by atoms with Gasteiger partial charge in [-0.2, -0.15) is 4.98 Å². The molecule has 0 unspecified atom stereocenters. The van der Waals surface area contributed by atoms with Crippen LogP contribution >= 0.6 is 0 Å². The lowest BCUT2D eigenvalue weighted by Gasteiger charge is -2.43. The van der Waals surface area contributed by atoms with Gasteiger partial charge in [0.15, 0.2) is 5.82 Å². The van der Waals surface area contributed by atoms with Crippen molar-refractivity contribution < 1.29 is 9.59 Å². The monoisotopic (exact) mass is 387 g/mol. The topological polar surface area (TPSA) is 102 Å². The molecule has 1 aromatic heterocycles. The van der Waals surface area contributed by atoms with Gasteiger partial charge in [-0.05, 0) is 19.3 Å². The maximum Gasteiger partial charge on any atom is 0.268 e. The normalized spacial score (nSPS) is 20.2. The molecule has 1 fully saturated rings. The summed E-state index contributed by atoms with van der Waals surface area (Å²) in [7, 11) is 5.02. The summed E-state index contributed by atoms with van der Waals surface area (Å²) >= 11 is 0. The van der Waals surface area contributed by atoms with Crippen LogP contribution in [0.1, 0.15) is 39.0 Å². The number of hydrogen-bond acceptors (Lipinski definition) is 7. The number of hydrogen-bond donors (Lipinski definition) is 3. The quantitative estimate of drug-likeness (QED) is 0.630. The molecule has 0 aromatic carbocycles. The van der Waals surface area contributed by atoms with E-state index in [1.165, 1.54) is 19.0 Å². The zero-order valence-corrected chi connectivity index (χ0v) is 17.0. The molecule has 1 aliphatic heterocycles. The van der Waals surface area contributed by atoms with E-state index in [1.807, 2.05) is 6.92 Å². The first kappa shape index (κ1) is 19.9. The lowest BCUT2D eigenvalue weighted by Crippen LogP contribution is -2.55. The van der Waals surface area contributed by atoms with Crippen LogP contribution in [0.3, 0.4) is 0 Å². The molecule has 1 aliphatic carbocycles. The van der Waals surface area contributed by atoms with Crippen LogP contribution in [0.25, 0.3) is 0 Å². The summed E-state index contributed by atoms with van der Waals surface area (Å²) < 4.78 is 0. The van der Waals surface area contributed by atoms with Crippen molar-refractivity contribution in [2.45, 2.75) is 51.1 Å². The molecule has 9 nitrogen and oxygen atoms in total. The van der Waals surface area contributed by atoms with E-state index in [-0.39, 0.29) is 17.9 Å². The predicted molar refractivity (Wildman–Crippen MR) is 109 cm³/mol. The minimum atomic E-state index is -0.239. The summed E-state index contributed by atoms with van der Waals surface area (Å²) in [6.07, 6.45) is 8.42. The number of fused-ring (bicyclic) bond motifs is 1. The Kier molecular flexibility index (Phi) is 6.01. The van der Waals surface area contributed by atoms with Crippen LogP contribution in [0.4, 0.5) is 17.5 Å². The molecule has 28 heavy (non-hydrogen) atoms. The third-order valence-electron chi connectivity index (χ3n) is 5.50. The van der Waals surface area contributed by atoms with Gasteiger partial charge in [0.05, 0.1) is 6.20 Å². The van der Waals surface area contributed by atoms with Crippen molar-refractivity contribution in [1.82, 2.24) is 20.6 Å². The molecule has 0 radical (unpaired) electrons. The number of likely N-dealkylation sites (N-methyl/N-ethyl adjacent to an activating group) is 3. The Labute approximate surface area is 165 Å². The largest absolute Gasteiger partial charge is 0.382 e. The molecule has 1 atom stereocenters. The first-order valence-electron chi connectivity index (χ1n) is 9.81. The number of nitrogens with one attached hydrogen (secondary N) is 3. The number of rotatable bonds is 6. The molecule has 2 amide bonds. The number of carbonyl (C=O) groups excluding carboxylic acids is 2. The number of amides is 2. The maximum absolute atomic E-state index is 12.9. The highest BCUT2D eigenvalue weighted by molar-refractivity contribution is 6.04. The summed E-state index contributed by atoms with van der Waals surface area (Å²) in [5, 5.41) is 8.40. The van der Waals surface area contributed by atoms with Gasteiger partial charge in [-0.25, -0.2) is 4.98 Å². The SMILES string of the molecule is CC[C@@H]1C(=O)N(C)c2cnc(N/C=C(\NC)C(=O)NC)nc2N1C1CCCC1. The summed E-state index contributed by atoms with van der Waals surface area (Å²) in [4.78, 5) is 37.6. The van der Waals surface area contributed by atoms with Crippen molar-refractivity contribution in [1.29, 1.82) is 0 Å². The molecule has 3 rings (SSSR count). The van der Waals surface area contributed by atoms with Crippen LogP contribution in [0.5, 0.6) is 0 Å². The summed E-state index contributed by atoms with van der Waals surface area (Å²) in [5.74, 6) is 1.01. The van der Waals surface area contributed by atoms with Crippen LogP contribution in [0.2, 0.25) is 0 Å². The molecule has 9 heteroatoms. The van der Waals surface area contributed by atoms with E-state index in [4.69, 9.17) is 4.98 Å². The van der Waals surface area contributed by atoms with Crippen LogP contribution in [-0.2, 0) is 9.59 Å². The van der Waals surface area contributed by atoms with Crippen LogP contribution < -0.4 is 25.8 Å². The van der Waals surface area contributed by atoms with E-state index >= 15 is 0 Å². The fraction of sp³-hybridized carbons (Fsp3) is 0.579. The highest BCUT2D eigenvalue weighted by atomic mass is 16.2. The van der Waals surface area contributed by atoms with E-state index < -0.39 is 0 Å². The fourth-order valence-corrected chi connectivity index (χ4v) is 3.98. The Balaban J connectivity index is 1.97. The first-order chi connectivity index (χ1) is 13.5. The fourth-order valence-electron chi connectivity index (χ4n) is 3.98. The van der Waals surface area contributed by atoms with E-state index in [1.54, 1.807) is 32.2 Å². The smallest absolute Gasteiger partial charge is 0.268 e. The van der Waals surface area contributed by atoms with E-state index in [0.29, 0.717) is 17.7 Å². The number of nitrogens with zero attached hydrogens (tertiary/aromatic N) is 4. The number of aromatic nitrogens is 2. The van der Waals surface area contributed by atoms with Crippen LogP contribution in [-0.4, -0.2) is 55.0 Å². The molecule has 0 spiro atoms. The van der Waals surface area contributed by atoms with Gasteiger partial charge in [-0.3, -0.25) is 9.59 Å². The lowest BCUT2D eigenvalue weighted by molar-refractivity contribution is -0.120. The average molecular weight is 387 g/mol. The number of anilines is 3. The maximum atomic E-state index is 12.9. The molecule has 1 aromatic rings. The molecule has 0 bridgehead atoms.